The Morgan fingerprint density at radius 3 is 1.12 bits per heavy atom. The van der Waals surface area contributed by atoms with E-state index in [1.54, 1.807) is 0 Å². The number of carbonyl (C=O) groups is 1. The molecule has 0 unspecified atom stereocenters. The second-order valence-electron chi connectivity index (χ2n) is 6.48. The van der Waals surface area contributed by atoms with Gasteiger partial charge in [-0.15, -0.1) is 0 Å². The van der Waals surface area contributed by atoms with E-state index in [-0.39, 0.29) is 23.5 Å². The standard InChI is InChI=1S/C18H36O2.Cu.H2O4S/c1-2-3-4-5-6-7-8-9-10-11-12-13-14-15-16-17-18(19)20;;1-5(2,3)4/h2-17H2,1H3,(H,19,20);;(H2,1,2,3,4)/p-3. The number of hydrogen-bond acceptors (Lipinski definition) is 6. The van der Waals surface area contributed by atoms with Gasteiger partial charge in [-0.05, 0) is 12.8 Å². The fourth-order valence-electron chi connectivity index (χ4n) is 2.64. The summed E-state index contributed by atoms with van der Waals surface area (Å²) in [5.41, 5.74) is 0. The second-order valence-corrected chi connectivity index (χ2v) is 7.30. The van der Waals surface area contributed by atoms with Gasteiger partial charge in [0.2, 0.25) is 0 Å². The maximum Gasteiger partial charge on any atom is 0.0414 e. The van der Waals surface area contributed by atoms with Crippen LogP contribution in [-0.4, -0.2) is 23.5 Å². The molecule has 0 spiro atoms. The van der Waals surface area contributed by atoms with Crippen LogP contribution >= 0.6 is 0 Å². The van der Waals surface area contributed by atoms with Crippen LogP contribution in [0, 0.1) is 0 Å². The van der Waals surface area contributed by atoms with Crippen molar-refractivity contribution >= 4 is 16.4 Å². The predicted octanol–water partition coefficient (Wildman–Crippen LogP) is 3.66. The largest absolute Gasteiger partial charge is 0.759 e. The van der Waals surface area contributed by atoms with Crippen molar-refractivity contribution in [1.29, 1.82) is 0 Å². The first-order chi connectivity index (χ1) is 11.8. The quantitative estimate of drug-likeness (QED) is 0.155. The summed E-state index contributed by atoms with van der Waals surface area (Å²) in [6, 6.07) is 0. The van der Waals surface area contributed by atoms with Crippen LogP contribution in [0.3, 0.4) is 0 Å². The van der Waals surface area contributed by atoms with E-state index in [2.05, 4.69) is 6.92 Å². The van der Waals surface area contributed by atoms with E-state index in [0.29, 0.717) is 0 Å². The Kier molecular flexibility index (Phi) is 26.9. The number of carbonyl (C=O) groups excluding carboxylic acids is 1. The molecule has 0 atom stereocenters. The first-order valence-corrected chi connectivity index (χ1v) is 11.0. The van der Waals surface area contributed by atoms with Gasteiger partial charge in [0.1, 0.15) is 0 Å². The van der Waals surface area contributed by atoms with Crippen molar-refractivity contribution in [3.63, 3.8) is 0 Å². The fourth-order valence-corrected chi connectivity index (χ4v) is 2.64. The van der Waals surface area contributed by atoms with E-state index in [0.717, 1.165) is 12.8 Å². The average molecular weight is 443 g/mol. The van der Waals surface area contributed by atoms with Gasteiger partial charge in [-0.3, -0.25) is 8.42 Å². The normalized spacial score (nSPS) is 10.6. The van der Waals surface area contributed by atoms with Gasteiger partial charge in [-0.1, -0.05) is 96.8 Å². The smallest absolute Gasteiger partial charge is 0.0414 e. The Bertz CT molecular complexity index is 379. The Labute approximate surface area is 170 Å². The zero-order valence-electron chi connectivity index (χ0n) is 16.0. The molecule has 0 bridgehead atoms. The molecule has 0 aliphatic heterocycles. The molecule has 0 saturated carbocycles. The van der Waals surface area contributed by atoms with Crippen molar-refractivity contribution in [1.82, 2.24) is 0 Å². The van der Waals surface area contributed by atoms with Gasteiger partial charge in [0, 0.05) is 33.4 Å². The van der Waals surface area contributed by atoms with Gasteiger partial charge in [0.05, 0.1) is 0 Å². The van der Waals surface area contributed by atoms with Crippen LogP contribution in [-0.2, 0) is 32.3 Å². The fraction of sp³-hybridized carbons (Fsp3) is 0.944. The van der Waals surface area contributed by atoms with Crippen LogP contribution in [0.15, 0.2) is 0 Å². The summed E-state index contributed by atoms with van der Waals surface area (Å²) in [5, 5.41) is 10.2. The minimum Gasteiger partial charge on any atom is -0.759 e. The van der Waals surface area contributed by atoms with Crippen molar-refractivity contribution in [2.45, 2.75) is 110 Å². The van der Waals surface area contributed by atoms with Gasteiger partial charge in [-0.2, -0.15) is 0 Å². The number of hydrogen-bond donors (Lipinski definition) is 0. The molecule has 163 valence electrons. The molecule has 1 radical (unpaired) electrons. The van der Waals surface area contributed by atoms with E-state index < -0.39 is 16.4 Å². The topological polar surface area (TPSA) is 120 Å². The summed E-state index contributed by atoms with van der Waals surface area (Å²) in [7, 11) is -5.17. The summed E-state index contributed by atoms with van der Waals surface area (Å²) < 4.78 is 34.1. The maximum absolute atomic E-state index is 10.2. The summed E-state index contributed by atoms with van der Waals surface area (Å²) in [4.78, 5) is 10.2. The first kappa shape index (κ1) is 30.6. The average Bonchev–Trinajstić information content (AvgIpc) is 2.49. The minimum absolute atomic E-state index is 0. The molecule has 8 heteroatoms. The Morgan fingerprint density at radius 1 is 0.654 bits per heavy atom. The third-order valence-corrected chi connectivity index (χ3v) is 3.98. The molecule has 0 N–H and O–H groups in total. The summed E-state index contributed by atoms with van der Waals surface area (Å²) in [6.07, 6.45) is 19.9. The third kappa shape index (κ3) is 43.9. The van der Waals surface area contributed by atoms with Gasteiger partial charge < -0.3 is 19.0 Å². The van der Waals surface area contributed by atoms with Crippen LogP contribution < -0.4 is 5.11 Å². The molecular formula is C18H35CuO6S-3. The second kappa shape index (κ2) is 22.9. The van der Waals surface area contributed by atoms with Crippen molar-refractivity contribution < 1.29 is 44.5 Å². The number of rotatable bonds is 16. The van der Waals surface area contributed by atoms with Gasteiger partial charge in [0.15, 0.2) is 0 Å². The summed E-state index contributed by atoms with van der Waals surface area (Å²) in [6.45, 7) is 2.27. The maximum atomic E-state index is 10.2. The van der Waals surface area contributed by atoms with Crippen molar-refractivity contribution in [3.8, 4) is 0 Å². The summed E-state index contributed by atoms with van der Waals surface area (Å²) >= 11 is 0. The van der Waals surface area contributed by atoms with Gasteiger partial charge in [-0.25, -0.2) is 0 Å². The predicted molar refractivity (Wildman–Crippen MR) is 95.0 cm³/mol. The van der Waals surface area contributed by atoms with Crippen LogP contribution in [0.1, 0.15) is 110 Å². The Morgan fingerprint density at radius 2 is 0.885 bits per heavy atom. The first-order valence-electron chi connectivity index (χ1n) is 9.64. The molecule has 0 aromatic rings. The number of unbranched alkanes of at least 4 members (excludes halogenated alkanes) is 14. The zero-order valence-corrected chi connectivity index (χ0v) is 17.7. The van der Waals surface area contributed by atoms with E-state index >= 15 is 0 Å². The zero-order chi connectivity index (χ0) is 19.4. The minimum atomic E-state index is -5.17. The van der Waals surface area contributed by atoms with Crippen LogP contribution in [0.25, 0.3) is 0 Å². The molecule has 0 fully saturated rings. The molecule has 0 heterocycles. The molecule has 26 heavy (non-hydrogen) atoms. The molecule has 0 rings (SSSR count). The van der Waals surface area contributed by atoms with Crippen LogP contribution in [0.5, 0.6) is 0 Å². The van der Waals surface area contributed by atoms with Crippen molar-refractivity contribution in [2.24, 2.45) is 0 Å². The van der Waals surface area contributed by atoms with E-state index in [4.69, 9.17) is 17.5 Å². The molecule has 0 amide bonds. The molecular weight excluding hydrogens is 408 g/mol. The molecule has 6 nitrogen and oxygen atoms in total. The Hall–Kier alpha value is -0.141. The molecule has 0 aromatic heterocycles. The van der Waals surface area contributed by atoms with Gasteiger partial charge >= 0.3 is 0 Å². The molecule has 0 aromatic carbocycles. The van der Waals surface area contributed by atoms with E-state index in [1.165, 1.54) is 83.5 Å². The molecule has 0 saturated heterocycles. The van der Waals surface area contributed by atoms with Crippen molar-refractivity contribution in [2.75, 3.05) is 0 Å². The molecule has 0 aliphatic rings. The van der Waals surface area contributed by atoms with E-state index in [1.807, 2.05) is 0 Å². The monoisotopic (exact) mass is 442 g/mol. The third-order valence-electron chi connectivity index (χ3n) is 3.98. The van der Waals surface area contributed by atoms with Crippen LogP contribution in [0.4, 0.5) is 0 Å². The number of aliphatic carboxylic acids is 1. The van der Waals surface area contributed by atoms with Crippen LogP contribution in [0.2, 0.25) is 0 Å². The van der Waals surface area contributed by atoms with Gasteiger partial charge in [0.25, 0.3) is 0 Å². The SMILES string of the molecule is CCCCCCCCCCCCCCCCCC(=O)[O-].O=S(=O)([O-])[O-].[Cu]. The van der Waals surface area contributed by atoms with Crippen molar-refractivity contribution in [3.05, 3.63) is 0 Å². The number of carboxylic acids is 1. The number of carboxylic acid groups (broad SMARTS) is 1. The Balaban J connectivity index is -0.000000772. The molecule has 0 aliphatic carbocycles. The van der Waals surface area contributed by atoms with E-state index in [9.17, 15) is 9.90 Å². The summed E-state index contributed by atoms with van der Waals surface area (Å²) in [5.74, 6) is -0.903.